The number of anilines is 1. The number of alkyl halides is 3. The third-order valence-corrected chi connectivity index (χ3v) is 2.98. The Morgan fingerprint density at radius 3 is 2.70 bits per heavy atom. The molecular weight excluding hydrogens is 279 g/mol. The van der Waals surface area contributed by atoms with Crippen LogP contribution in [0.1, 0.15) is 11.5 Å². The summed E-state index contributed by atoms with van der Waals surface area (Å²) in [6.45, 7) is 2.65. The topological polar surface area (TPSA) is 67.6 Å². The molecule has 2 amide bonds. The first kappa shape index (κ1) is 14.6. The summed E-state index contributed by atoms with van der Waals surface area (Å²) in [7, 11) is 0. The molecule has 1 N–H and O–H groups in total. The van der Waals surface area contributed by atoms with Crippen molar-refractivity contribution in [1.29, 1.82) is 0 Å². The number of aromatic nitrogens is 1. The van der Waals surface area contributed by atoms with Crippen molar-refractivity contribution in [1.82, 2.24) is 10.1 Å². The molecule has 1 saturated heterocycles. The summed E-state index contributed by atoms with van der Waals surface area (Å²) in [6, 6.07) is -0.628. The fourth-order valence-corrected chi connectivity index (χ4v) is 1.88. The highest BCUT2D eigenvalue weighted by Gasteiger charge is 2.44. The average molecular weight is 293 g/mol. The average Bonchev–Trinajstić information content (AvgIpc) is 2.69. The minimum Gasteiger partial charge on any atom is -0.365 e. The van der Waals surface area contributed by atoms with Gasteiger partial charge >= 0.3 is 12.2 Å². The van der Waals surface area contributed by atoms with Crippen molar-refractivity contribution in [3.05, 3.63) is 11.5 Å². The summed E-state index contributed by atoms with van der Waals surface area (Å²) in [5.74, 6) is 0.400. The van der Waals surface area contributed by atoms with E-state index in [2.05, 4.69) is 15.2 Å². The number of halogens is 3. The molecule has 1 fully saturated rings. The number of ether oxygens (including phenoxy) is 1. The fraction of sp³-hybridized carbons (Fsp3) is 0.636. The lowest BCUT2D eigenvalue weighted by molar-refractivity contribution is -0.233. The second kappa shape index (κ2) is 5.31. The molecule has 0 bridgehead atoms. The van der Waals surface area contributed by atoms with E-state index in [1.807, 2.05) is 0 Å². The Kier molecular flexibility index (Phi) is 3.89. The van der Waals surface area contributed by atoms with Gasteiger partial charge in [0.05, 0.1) is 13.2 Å². The van der Waals surface area contributed by atoms with E-state index >= 15 is 0 Å². The van der Waals surface area contributed by atoms with Crippen LogP contribution < -0.4 is 5.32 Å². The molecule has 0 radical (unpaired) electrons. The molecule has 1 atom stereocenters. The smallest absolute Gasteiger partial charge is 0.365 e. The van der Waals surface area contributed by atoms with E-state index in [0.717, 1.165) is 4.90 Å². The van der Waals surface area contributed by atoms with Crippen LogP contribution in [0, 0.1) is 13.8 Å². The molecule has 20 heavy (non-hydrogen) atoms. The number of amides is 2. The van der Waals surface area contributed by atoms with Crippen LogP contribution in [-0.2, 0) is 4.74 Å². The molecule has 1 aliphatic rings. The monoisotopic (exact) mass is 293 g/mol. The van der Waals surface area contributed by atoms with Crippen LogP contribution in [0.15, 0.2) is 4.52 Å². The molecule has 112 valence electrons. The lowest BCUT2D eigenvalue weighted by Crippen LogP contribution is -2.52. The summed E-state index contributed by atoms with van der Waals surface area (Å²) in [5, 5.41) is 6.16. The van der Waals surface area contributed by atoms with Crippen molar-refractivity contribution >= 4 is 11.7 Å². The Morgan fingerprint density at radius 1 is 1.45 bits per heavy atom. The maximum atomic E-state index is 12.6. The van der Waals surface area contributed by atoms with Crippen LogP contribution in [0.3, 0.4) is 0 Å². The van der Waals surface area contributed by atoms with Gasteiger partial charge < -0.3 is 19.5 Å². The van der Waals surface area contributed by atoms with Gasteiger partial charge in [-0.05, 0) is 13.8 Å². The maximum Gasteiger partial charge on any atom is 0.416 e. The van der Waals surface area contributed by atoms with E-state index < -0.39 is 24.9 Å². The highest BCUT2D eigenvalue weighted by atomic mass is 19.4. The van der Waals surface area contributed by atoms with Crippen molar-refractivity contribution < 1.29 is 27.2 Å². The highest BCUT2D eigenvalue weighted by Crippen LogP contribution is 2.26. The third-order valence-electron chi connectivity index (χ3n) is 2.98. The first-order chi connectivity index (χ1) is 9.29. The molecular formula is C11H14F3N3O3. The molecule has 9 heteroatoms. The highest BCUT2D eigenvalue weighted by molar-refractivity contribution is 5.90. The molecule has 1 aromatic rings. The van der Waals surface area contributed by atoms with E-state index in [0.29, 0.717) is 17.1 Å². The number of carbonyl (C=O) groups excluding carboxylic acids is 1. The van der Waals surface area contributed by atoms with Crippen LogP contribution in [0.2, 0.25) is 0 Å². The lowest BCUT2D eigenvalue weighted by atomic mass is 10.2. The number of nitrogens with zero attached hydrogens (tertiary/aromatic N) is 2. The zero-order valence-corrected chi connectivity index (χ0v) is 11.0. The van der Waals surface area contributed by atoms with Crippen molar-refractivity contribution in [3.63, 3.8) is 0 Å². The van der Waals surface area contributed by atoms with Crippen LogP contribution in [0.25, 0.3) is 0 Å². The Labute approximate surface area is 112 Å². The van der Waals surface area contributed by atoms with Gasteiger partial charge in [0, 0.05) is 6.54 Å². The minimum atomic E-state index is -4.48. The van der Waals surface area contributed by atoms with Gasteiger partial charge in [-0.25, -0.2) is 4.79 Å². The summed E-state index contributed by atoms with van der Waals surface area (Å²) < 4.78 is 47.2. The SMILES string of the molecule is Cc1noc(C)c1NC(=O)N1CCOC(C(F)(F)F)C1. The van der Waals surface area contributed by atoms with Crippen LogP contribution in [0.5, 0.6) is 0 Å². The quantitative estimate of drug-likeness (QED) is 0.861. The number of aryl methyl sites for hydroxylation is 2. The zero-order chi connectivity index (χ0) is 14.9. The van der Waals surface area contributed by atoms with Crippen molar-refractivity contribution in [3.8, 4) is 0 Å². The van der Waals surface area contributed by atoms with Gasteiger partial charge in [0.15, 0.2) is 11.9 Å². The molecule has 1 aliphatic heterocycles. The summed E-state index contributed by atoms with van der Waals surface area (Å²) in [6.07, 6.45) is -6.44. The normalized spacial score (nSPS) is 20.1. The molecule has 1 unspecified atom stereocenters. The van der Waals surface area contributed by atoms with Gasteiger partial charge in [0.1, 0.15) is 11.4 Å². The molecule has 2 rings (SSSR count). The molecule has 2 heterocycles. The molecule has 0 saturated carbocycles. The Hall–Kier alpha value is -1.77. The van der Waals surface area contributed by atoms with Crippen molar-refractivity contribution in [2.45, 2.75) is 26.1 Å². The maximum absolute atomic E-state index is 12.6. The second-order valence-electron chi connectivity index (χ2n) is 4.48. The minimum absolute atomic E-state index is 0.0990. The number of morpholine rings is 1. The number of nitrogens with one attached hydrogen (secondary N) is 1. The number of hydrogen-bond donors (Lipinski definition) is 1. The first-order valence-electron chi connectivity index (χ1n) is 5.96. The number of carbonyl (C=O) groups is 1. The fourth-order valence-electron chi connectivity index (χ4n) is 1.88. The summed E-state index contributed by atoms with van der Waals surface area (Å²) in [5.41, 5.74) is 0.849. The Bertz CT molecular complexity index is 481. The molecule has 0 aliphatic carbocycles. The number of hydrogen-bond acceptors (Lipinski definition) is 4. The van der Waals surface area contributed by atoms with Gasteiger partial charge in [-0.3, -0.25) is 0 Å². The zero-order valence-electron chi connectivity index (χ0n) is 11.0. The van der Waals surface area contributed by atoms with Gasteiger partial charge in [0.25, 0.3) is 0 Å². The van der Waals surface area contributed by atoms with Gasteiger partial charge in [0.2, 0.25) is 0 Å². The van der Waals surface area contributed by atoms with Crippen molar-refractivity contribution in [2.75, 3.05) is 25.0 Å². The van der Waals surface area contributed by atoms with Gasteiger partial charge in [-0.1, -0.05) is 5.16 Å². The Morgan fingerprint density at radius 2 is 2.15 bits per heavy atom. The molecule has 1 aromatic heterocycles. The second-order valence-corrected chi connectivity index (χ2v) is 4.48. The summed E-state index contributed by atoms with van der Waals surface area (Å²) >= 11 is 0. The van der Waals surface area contributed by atoms with Crippen LogP contribution in [0.4, 0.5) is 23.7 Å². The predicted molar refractivity (Wildman–Crippen MR) is 62.4 cm³/mol. The number of urea groups is 1. The molecule has 0 aromatic carbocycles. The third kappa shape index (κ3) is 3.03. The summed E-state index contributed by atoms with van der Waals surface area (Å²) in [4.78, 5) is 13.0. The van der Waals surface area contributed by atoms with Gasteiger partial charge in [-0.2, -0.15) is 13.2 Å². The molecule has 0 spiro atoms. The van der Waals surface area contributed by atoms with E-state index in [1.165, 1.54) is 0 Å². The largest absolute Gasteiger partial charge is 0.416 e. The van der Waals surface area contributed by atoms with E-state index in [-0.39, 0.29) is 13.2 Å². The lowest BCUT2D eigenvalue weighted by Gasteiger charge is -2.33. The first-order valence-corrected chi connectivity index (χ1v) is 5.96. The standard InChI is InChI=1S/C11H14F3N3O3/c1-6-9(7(2)20-16-6)15-10(18)17-3-4-19-8(5-17)11(12,13)14/h8H,3-5H2,1-2H3,(H,15,18). The molecule has 6 nitrogen and oxygen atoms in total. The Balaban J connectivity index is 2.03. The number of rotatable bonds is 1. The van der Waals surface area contributed by atoms with E-state index in [4.69, 9.17) is 4.52 Å². The van der Waals surface area contributed by atoms with Crippen LogP contribution in [-0.4, -0.2) is 48.1 Å². The van der Waals surface area contributed by atoms with Crippen molar-refractivity contribution in [2.24, 2.45) is 0 Å². The van der Waals surface area contributed by atoms with E-state index in [9.17, 15) is 18.0 Å². The van der Waals surface area contributed by atoms with E-state index in [1.54, 1.807) is 13.8 Å². The predicted octanol–water partition coefficient (Wildman–Crippen LogP) is 2.09. The van der Waals surface area contributed by atoms with Crippen LogP contribution >= 0.6 is 0 Å². The van der Waals surface area contributed by atoms with Gasteiger partial charge in [-0.15, -0.1) is 0 Å².